The lowest BCUT2D eigenvalue weighted by atomic mass is 10.2. The van der Waals surface area contributed by atoms with Crippen LogP contribution in [0.5, 0.6) is 11.5 Å². The summed E-state index contributed by atoms with van der Waals surface area (Å²) in [6, 6.07) is 16.0. The third kappa shape index (κ3) is 3.55. The van der Waals surface area contributed by atoms with E-state index in [1.54, 1.807) is 42.5 Å². The summed E-state index contributed by atoms with van der Waals surface area (Å²) in [5.41, 5.74) is 1.94. The molecule has 3 aromatic rings. The fraction of sp³-hybridized carbons (Fsp3) is 0.0526. The van der Waals surface area contributed by atoms with E-state index in [9.17, 15) is 4.79 Å². The molecule has 0 fully saturated rings. The Morgan fingerprint density at radius 1 is 0.962 bits per heavy atom. The van der Waals surface area contributed by atoms with Gasteiger partial charge in [0, 0.05) is 28.7 Å². The molecule has 26 heavy (non-hydrogen) atoms. The summed E-state index contributed by atoms with van der Waals surface area (Å²) in [6.07, 6.45) is 1.51. The molecule has 1 aliphatic rings. The van der Waals surface area contributed by atoms with E-state index in [-0.39, 0.29) is 12.7 Å². The van der Waals surface area contributed by atoms with E-state index in [1.807, 2.05) is 12.1 Å². The Morgan fingerprint density at radius 2 is 1.73 bits per heavy atom. The predicted molar refractivity (Wildman–Crippen MR) is 99.5 cm³/mol. The highest BCUT2D eigenvalue weighted by Gasteiger charge is 2.14. The minimum atomic E-state index is -0.255. The molecule has 7 heteroatoms. The van der Waals surface area contributed by atoms with Crippen molar-refractivity contribution in [1.82, 2.24) is 4.98 Å². The average Bonchev–Trinajstić information content (AvgIpc) is 3.12. The first-order valence-corrected chi connectivity index (χ1v) is 8.25. The van der Waals surface area contributed by atoms with Gasteiger partial charge in [0.2, 0.25) is 6.79 Å². The average molecular weight is 368 g/mol. The van der Waals surface area contributed by atoms with Crippen LogP contribution in [0.25, 0.3) is 0 Å². The third-order valence-electron chi connectivity index (χ3n) is 3.77. The third-order valence-corrected chi connectivity index (χ3v) is 4.02. The Kier molecular flexibility index (Phi) is 4.33. The van der Waals surface area contributed by atoms with Gasteiger partial charge >= 0.3 is 0 Å². The van der Waals surface area contributed by atoms with Gasteiger partial charge < -0.3 is 20.1 Å². The Hall–Kier alpha value is -3.25. The molecule has 0 saturated heterocycles. The van der Waals surface area contributed by atoms with E-state index in [0.29, 0.717) is 33.6 Å². The summed E-state index contributed by atoms with van der Waals surface area (Å²) in [5.74, 6) is 1.66. The molecule has 1 aromatic heterocycles. The van der Waals surface area contributed by atoms with E-state index < -0.39 is 0 Å². The van der Waals surface area contributed by atoms with Crippen LogP contribution in [0.4, 0.5) is 17.2 Å². The van der Waals surface area contributed by atoms with Gasteiger partial charge in [-0.2, -0.15) is 0 Å². The van der Waals surface area contributed by atoms with Crippen molar-refractivity contribution in [2.24, 2.45) is 0 Å². The molecule has 1 amide bonds. The molecule has 0 radical (unpaired) electrons. The van der Waals surface area contributed by atoms with Crippen molar-refractivity contribution in [2.45, 2.75) is 0 Å². The lowest BCUT2D eigenvalue weighted by Crippen LogP contribution is -2.12. The van der Waals surface area contributed by atoms with Gasteiger partial charge in [0.1, 0.15) is 5.82 Å². The largest absolute Gasteiger partial charge is 0.454 e. The molecule has 2 N–H and O–H groups in total. The van der Waals surface area contributed by atoms with Gasteiger partial charge in [0.15, 0.2) is 11.5 Å². The Balaban J connectivity index is 1.42. The van der Waals surface area contributed by atoms with Crippen LogP contribution in [0, 0.1) is 0 Å². The number of hydrogen-bond donors (Lipinski definition) is 2. The maximum Gasteiger partial charge on any atom is 0.257 e. The number of benzene rings is 2. The van der Waals surface area contributed by atoms with Gasteiger partial charge in [0.05, 0.1) is 5.56 Å². The molecular formula is C19H14ClN3O3. The SMILES string of the molecule is O=C(Nc1ccc2c(c1)OCO2)c1ccc(Nc2ccc(Cl)cc2)nc1. The standard InChI is InChI=1S/C19H14ClN3O3/c20-13-2-4-14(5-3-13)22-18-8-1-12(10-21-18)19(24)23-15-6-7-16-17(9-15)26-11-25-16/h1-10H,11H2,(H,21,22)(H,23,24). The van der Waals surface area contributed by atoms with Crippen molar-refractivity contribution >= 4 is 34.7 Å². The maximum atomic E-state index is 12.4. The number of rotatable bonds is 4. The van der Waals surface area contributed by atoms with Crippen LogP contribution in [0.1, 0.15) is 10.4 Å². The number of halogens is 1. The normalized spacial score (nSPS) is 11.9. The van der Waals surface area contributed by atoms with Crippen LogP contribution in [0.2, 0.25) is 5.02 Å². The molecule has 2 aromatic carbocycles. The number of pyridine rings is 1. The van der Waals surface area contributed by atoms with Crippen LogP contribution in [0.15, 0.2) is 60.8 Å². The second-order valence-corrected chi connectivity index (χ2v) is 6.02. The molecule has 2 heterocycles. The van der Waals surface area contributed by atoms with Crippen LogP contribution in [0.3, 0.4) is 0 Å². The van der Waals surface area contributed by atoms with Gasteiger partial charge in [-0.15, -0.1) is 0 Å². The number of ether oxygens (including phenoxy) is 2. The van der Waals surface area contributed by atoms with Crippen LogP contribution >= 0.6 is 11.6 Å². The van der Waals surface area contributed by atoms with Crippen molar-refractivity contribution in [2.75, 3.05) is 17.4 Å². The molecule has 0 aliphatic carbocycles. The molecule has 130 valence electrons. The minimum Gasteiger partial charge on any atom is -0.454 e. The summed E-state index contributed by atoms with van der Waals surface area (Å²) >= 11 is 5.87. The molecular weight excluding hydrogens is 354 g/mol. The molecule has 0 unspecified atom stereocenters. The molecule has 0 atom stereocenters. The fourth-order valence-corrected chi connectivity index (χ4v) is 2.59. The van der Waals surface area contributed by atoms with Gasteiger partial charge in [-0.05, 0) is 48.5 Å². The lowest BCUT2D eigenvalue weighted by molar-refractivity contribution is 0.102. The first kappa shape index (κ1) is 16.2. The van der Waals surface area contributed by atoms with E-state index in [4.69, 9.17) is 21.1 Å². The zero-order valence-electron chi connectivity index (χ0n) is 13.5. The zero-order chi connectivity index (χ0) is 17.9. The highest BCUT2D eigenvalue weighted by molar-refractivity contribution is 6.30. The summed E-state index contributed by atoms with van der Waals surface area (Å²) < 4.78 is 10.6. The predicted octanol–water partition coefficient (Wildman–Crippen LogP) is 4.46. The van der Waals surface area contributed by atoms with Crippen molar-refractivity contribution in [1.29, 1.82) is 0 Å². The molecule has 4 rings (SSSR count). The van der Waals surface area contributed by atoms with Crippen LogP contribution < -0.4 is 20.1 Å². The number of hydrogen-bond acceptors (Lipinski definition) is 5. The number of nitrogens with zero attached hydrogens (tertiary/aromatic N) is 1. The molecule has 1 aliphatic heterocycles. The second kappa shape index (κ2) is 6.93. The molecule has 0 spiro atoms. The van der Waals surface area contributed by atoms with Crippen molar-refractivity contribution in [3.63, 3.8) is 0 Å². The smallest absolute Gasteiger partial charge is 0.257 e. The Morgan fingerprint density at radius 3 is 2.50 bits per heavy atom. The number of fused-ring (bicyclic) bond motifs is 1. The molecule has 6 nitrogen and oxygen atoms in total. The lowest BCUT2D eigenvalue weighted by Gasteiger charge is -2.08. The monoisotopic (exact) mass is 367 g/mol. The zero-order valence-corrected chi connectivity index (χ0v) is 14.3. The highest BCUT2D eigenvalue weighted by Crippen LogP contribution is 2.34. The number of aromatic nitrogens is 1. The molecule has 0 saturated carbocycles. The first-order chi connectivity index (χ1) is 12.7. The first-order valence-electron chi connectivity index (χ1n) is 7.87. The van der Waals surface area contributed by atoms with Crippen molar-refractivity contribution in [3.05, 3.63) is 71.4 Å². The Bertz CT molecular complexity index is 943. The van der Waals surface area contributed by atoms with Gasteiger partial charge in [-0.25, -0.2) is 4.98 Å². The molecule has 0 bridgehead atoms. The Labute approximate surface area is 154 Å². The highest BCUT2D eigenvalue weighted by atomic mass is 35.5. The quantitative estimate of drug-likeness (QED) is 0.712. The summed E-state index contributed by atoms with van der Waals surface area (Å²) in [5, 5.41) is 6.62. The van der Waals surface area contributed by atoms with Gasteiger partial charge in [-0.1, -0.05) is 11.6 Å². The second-order valence-electron chi connectivity index (χ2n) is 5.59. The minimum absolute atomic E-state index is 0.193. The number of amides is 1. The fourth-order valence-electron chi connectivity index (χ4n) is 2.46. The number of carbonyl (C=O) groups is 1. The van der Waals surface area contributed by atoms with Gasteiger partial charge in [-0.3, -0.25) is 4.79 Å². The summed E-state index contributed by atoms with van der Waals surface area (Å²) in [6.45, 7) is 0.193. The maximum absolute atomic E-state index is 12.4. The van der Waals surface area contributed by atoms with E-state index in [2.05, 4.69) is 15.6 Å². The van der Waals surface area contributed by atoms with Crippen molar-refractivity contribution in [3.8, 4) is 11.5 Å². The topological polar surface area (TPSA) is 72.5 Å². The van der Waals surface area contributed by atoms with E-state index >= 15 is 0 Å². The number of nitrogens with one attached hydrogen (secondary N) is 2. The number of anilines is 3. The van der Waals surface area contributed by atoms with E-state index in [1.165, 1.54) is 6.20 Å². The van der Waals surface area contributed by atoms with E-state index in [0.717, 1.165) is 5.69 Å². The summed E-state index contributed by atoms with van der Waals surface area (Å²) in [7, 11) is 0. The van der Waals surface area contributed by atoms with Crippen LogP contribution in [-0.4, -0.2) is 17.7 Å². The van der Waals surface area contributed by atoms with Crippen LogP contribution in [-0.2, 0) is 0 Å². The summed E-state index contributed by atoms with van der Waals surface area (Å²) in [4.78, 5) is 16.6. The number of carbonyl (C=O) groups excluding carboxylic acids is 1. The van der Waals surface area contributed by atoms with Crippen molar-refractivity contribution < 1.29 is 14.3 Å². The van der Waals surface area contributed by atoms with Gasteiger partial charge in [0.25, 0.3) is 5.91 Å².